The van der Waals surface area contributed by atoms with Gasteiger partial charge in [-0.2, -0.15) is 23.0 Å². The summed E-state index contributed by atoms with van der Waals surface area (Å²) in [5.41, 5.74) is -1.11. The van der Waals surface area contributed by atoms with E-state index in [1.54, 1.807) is 0 Å². The van der Waals surface area contributed by atoms with Crippen LogP contribution in [0, 0.1) is 0 Å². The highest BCUT2D eigenvalue weighted by atomic mass is 35.5. The maximum Gasteiger partial charge on any atom is 0.417 e. The number of methoxy groups -OCH3 is 1. The van der Waals surface area contributed by atoms with Crippen molar-refractivity contribution in [2.45, 2.75) is 13.1 Å². The molecule has 1 amide bonds. The minimum absolute atomic E-state index is 0.0237. The summed E-state index contributed by atoms with van der Waals surface area (Å²) < 4.78 is 46.8. The number of fused-ring (bicyclic) bond motifs is 1. The predicted octanol–water partition coefficient (Wildman–Crippen LogP) is 5.17. The van der Waals surface area contributed by atoms with Crippen molar-refractivity contribution in [2.75, 3.05) is 13.7 Å². The van der Waals surface area contributed by atoms with Gasteiger partial charge in [-0.3, -0.25) is 14.4 Å². The summed E-state index contributed by atoms with van der Waals surface area (Å²) in [5, 5.41) is 6.63. The van der Waals surface area contributed by atoms with Crippen LogP contribution in [0.4, 0.5) is 13.2 Å². The van der Waals surface area contributed by atoms with Gasteiger partial charge in [-0.15, -0.1) is 0 Å². The lowest BCUT2D eigenvalue weighted by Crippen LogP contribution is -2.28. The predicted molar refractivity (Wildman–Crippen MR) is 136 cm³/mol. The molecule has 0 radical (unpaired) electrons. The second kappa shape index (κ2) is 10.7. The summed E-state index contributed by atoms with van der Waals surface area (Å²) >= 11 is 6.07. The van der Waals surface area contributed by atoms with E-state index < -0.39 is 40.1 Å². The lowest BCUT2D eigenvalue weighted by Gasteiger charge is -2.13. The van der Waals surface area contributed by atoms with Crippen molar-refractivity contribution in [3.05, 3.63) is 87.9 Å². The van der Waals surface area contributed by atoms with E-state index in [4.69, 9.17) is 11.6 Å². The van der Waals surface area contributed by atoms with Crippen LogP contribution < -0.4 is 5.32 Å². The van der Waals surface area contributed by atoms with Crippen LogP contribution in [0.5, 0.6) is 0 Å². The van der Waals surface area contributed by atoms with Crippen LogP contribution in [-0.4, -0.2) is 47.0 Å². The van der Waals surface area contributed by atoms with Crippen LogP contribution in [-0.2, 0) is 15.7 Å². The van der Waals surface area contributed by atoms with Crippen molar-refractivity contribution in [1.29, 1.82) is 0 Å². The van der Waals surface area contributed by atoms with E-state index in [0.29, 0.717) is 10.9 Å². The molecule has 4 aromatic rings. The fourth-order valence-corrected chi connectivity index (χ4v) is 4.15. The standard InChI is InChI=1S/C27H19ClF3N3O5/c1-14(35)13-32-24(36)17-10-11-18-21(12-17)34(25(37)22-19(27(29,30)31)4-3-5-20(22)28)33-23(18)15-6-8-16(9-7-15)26(38)39-2/h3-12H,13H2,1-2H3,(H,32,36). The van der Waals surface area contributed by atoms with Crippen molar-refractivity contribution in [3.8, 4) is 11.3 Å². The number of benzene rings is 3. The second-order valence-electron chi connectivity index (χ2n) is 8.41. The Labute approximate surface area is 224 Å². The molecule has 0 saturated carbocycles. The molecule has 0 aliphatic heterocycles. The number of ether oxygens (including phenoxy) is 1. The first kappa shape index (κ1) is 27.5. The van der Waals surface area contributed by atoms with Crippen LogP contribution in [0.15, 0.2) is 60.7 Å². The Bertz CT molecular complexity index is 1630. The number of hydrogen-bond donors (Lipinski definition) is 1. The normalized spacial score (nSPS) is 11.3. The average Bonchev–Trinajstić information content (AvgIpc) is 3.29. The molecule has 0 spiro atoms. The number of Topliss-reactive ketones (excluding diaryl/α,β-unsaturated/α-hetero) is 1. The Morgan fingerprint density at radius 2 is 1.67 bits per heavy atom. The molecule has 0 aliphatic carbocycles. The lowest BCUT2D eigenvalue weighted by atomic mass is 10.0. The largest absolute Gasteiger partial charge is 0.465 e. The van der Waals surface area contributed by atoms with Gasteiger partial charge in [-0.1, -0.05) is 29.8 Å². The van der Waals surface area contributed by atoms with Gasteiger partial charge in [-0.05, 0) is 49.4 Å². The first-order chi connectivity index (χ1) is 18.4. The zero-order valence-electron chi connectivity index (χ0n) is 20.4. The summed E-state index contributed by atoms with van der Waals surface area (Å²) in [6.07, 6.45) is -4.89. The van der Waals surface area contributed by atoms with E-state index in [1.807, 2.05) is 0 Å². The molecular formula is C27H19ClF3N3O5. The molecule has 8 nitrogen and oxygen atoms in total. The highest BCUT2D eigenvalue weighted by Gasteiger charge is 2.37. The number of nitrogens with one attached hydrogen (secondary N) is 1. The van der Waals surface area contributed by atoms with E-state index in [1.165, 1.54) is 56.5 Å². The minimum Gasteiger partial charge on any atom is -0.465 e. The van der Waals surface area contributed by atoms with Gasteiger partial charge in [0.2, 0.25) is 0 Å². The molecule has 1 N–H and O–H groups in total. The Kier molecular flexibility index (Phi) is 7.55. The SMILES string of the molecule is COC(=O)c1ccc(-c2nn(C(=O)c3c(Cl)cccc3C(F)(F)F)c3cc(C(=O)NCC(C)=O)ccc23)cc1. The van der Waals surface area contributed by atoms with Crippen molar-refractivity contribution in [1.82, 2.24) is 15.1 Å². The van der Waals surface area contributed by atoms with Gasteiger partial charge in [0.05, 0.1) is 40.9 Å². The quantitative estimate of drug-likeness (QED) is 0.328. The van der Waals surface area contributed by atoms with Crippen LogP contribution in [0.25, 0.3) is 22.2 Å². The number of hydrogen-bond acceptors (Lipinski definition) is 6. The van der Waals surface area contributed by atoms with Crippen molar-refractivity contribution >= 4 is 46.1 Å². The third-order valence-corrected chi connectivity index (χ3v) is 6.06. The molecular weight excluding hydrogens is 539 g/mol. The molecule has 1 heterocycles. The van der Waals surface area contributed by atoms with E-state index in [2.05, 4.69) is 15.2 Å². The number of halogens is 4. The molecule has 0 bridgehead atoms. The molecule has 0 aliphatic rings. The number of esters is 1. The van der Waals surface area contributed by atoms with E-state index in [-0.39, 0.29) is 34.7 Å². The fourth-order valence-electron chi connectivity index (χ4n) is 3.90. The molecule has 1 aromatic heterocycles. The highest BCUT2D eigenvalue weighted by Crippen LogP contribution is 2.37. The van der Waals surface area contributed by atoms with Gasteiger partial charge in [0.25, 0.3) is 11.8 Å². The van der Waals surface area contributed by atoms with Gasteiger partial charge < -0.3 is 10.1 Å². The van der Waals surface area contributed by atoms with Crippen molar-refractivity contribution in [3.63, 3.8) is 0 Å². The van der Waals surface area contributed by atoms with Crippen molar-refractivity contribution in [2.24, 2.45) is 0 Å². The Morgan fingerprint density at radius 1 is 1.00 bits per heavy atom. The molecule has 0 fully saturated rings. The molecule has 4 rings (SSSR count). The molecule has 0 unspecified atom stereocenters. The van der Waals surface area contributed by atoms with Crippen LogP contribution in [0.1, 0.15) is 43.6 Å². The van der Waals surface area contributed by atoms with Crippen molar-refractivity contribution < 1.29 is 37.1 Å². The molecule has 0 atom stereocenters. The number of carbonyl (C=O) groups is 4. The third-order valence-electron chi connectivity index (χ3n) is 5.75. The summed E-state index contributed by atoms with van der Waals surface area (Å²) in [6.45, 7) is 1.05. The smallest absolute Gasteiger partial charge is 0.417 e. The van der Waals surface area contributed by atoms with E-state index in [9.17, 15) is 32.3 Å². The summed E-state index contributed by atoms with van der Waals surface area (Å²) in [7, 11) is 1.23. The van der Waals surface area contributed by atoms with E-state index >= 15 is 0 Å². The molecule has 12 heteroatoms. The number of amides is 1. The summed E-state index contributed by atoms with van der Waals surface area (Å²) in [4.78, 5) is 49.3. The molecule has 39 heavy (non-hydrogen) atoms. The van der Waals surface area contributed by atoms with Gasteiger partial charge in [0.15, 0.2) is 0 Å². The monoisotopic (exact) mass is 557 g/mol. The van der Waals surface area contributed by atoms with Crippen LogP contribution >= 0.6 is 11.6 Å². The van der Waals surface area contributed by atoms with E-state index in [0.717, 1.165) is 22.9 Å². The maximum absolute atomic E-state index is 13.8. The summed E-state index contributed by atoms with van der Waals surface area (Å²) in [6, 6.07) is 13.2. The van der Waals surface area contributed by atoms with Gasteiger partial charge in [0, 0.05) is 16.5 Å². The number of ketones is 1. The topological polar surface area (TPSA) is 107 Å². The Balaban J connectivity index is 1.92. The average molecular weight is 558 g/mol. The summed E-state index contributed by atoms with van der Waals surface area (Å²) in [5.74, 6) is -2.67. The van der Waals surface area contributed by atoms with Crippen LogP contribution in [0.3, 0.4) is 0 Å². The zero-order chi connectivity index (χ0) is 28.5. The highest BCUT2D eigenvalue weighted by molar-refractivity contribution is 6.34. The fraction of sp³-hybridized carbons (Fsp3) is 0.148. The molecule has 0 saturated heterocycles. The molecule has 3 aromatic carbocycles. The zero-order valence-corrected chi connectivity index (χ0v) is 21.2. The number of carbonyl (C=O) groups excluding carboxylic acids is 4. The Morgan fingerprint density at radius 3 is 2.28 bits per heavy atom. The second-order valence-corrected chi connectivity index (χ2v) is 8.82. The number of rotatable bonds is 6. The number of nitrogens with zero attached hydrogens (tertiary/aromatic N) is 2. The lowest BCUT2D eigenvalue weighted by molar-refractivity contribution is -0.138. The minimum atomic E-state index is -4.89. The van der Waals surface area contributed by atoms with Gasteiger partial charge >= 0.3 is 12.1 Å². The first-order valence-electron chi connectivity index (χ1n) is 11.3. The first-order valence-corrected chi connectivity index (χ1v) is 11.7. The van der Waals surface area contributed by atoms with Gasteiger partial charge in [0.1, 0.15) is 11.5 Å². The Hall–Kier alpha value is -4.51. The third kappa shape index (κ3) is 5.53. The maximum atomic E-state index is 13.8. The van der Waals surface area contributed by atoms with Crippen LogP contribution in [0.2, 0.25) is 5.02 Å². The number of aromatic nitrogens is 2. The van der Waals surface area contributed by atoms with Gasteiger partial charge in [-0.25, -0.2) is 4.79 Å². The molecule has 200 valence electrons. The number of alkyl halides is 3.